The topological polar surface area (TPSA) is 35.1 Å². The van der Waals surface area contributed by atoms with E-state index in [2.05, 4.69) is 124 Å². The molecule has 4 nitrogen and oxygen atoms in total. The highest BCUT2D eigenvalue weighted by Crippen LogP contribution is 2.44. The maximum Gasteiger partial charge on any atom is 0.165 e. The van der Waals surface area contributed by atoms with Crippen molar-refractivity contribution < 1.29 is 0 Å². The quantitative estimate of drug-likeness (QED) is 0.201. The van der Waals surface area contributed by atoms with Gasteiger partial charge < -0.3 is 4.57 Å². The Labute approximate surface area is 250 Å². The Balaban J connectivity index is 1.33. The molecule has 0 amide bonds. The Morgan fingerprint density at radius 1 is 0.432 bits per heavy atom. The minimum Gasteiger partial charge on any atom is -0.309 e. The second-order valence-corrected chi connectivity index (χ2v) is 11.8. The number of benzene rings is 7. The summed E-state index contributed by atoms with van der Waals surface area (Å²) in [6, 6.07) is 48.1. The number of rotatable bonds is 1. The van der Waals surface area contributed by atoms with Gasteiger partial charge in [-0.3, -0.25) is 4.40 Å². The summed E-state index contributed by atoms with van der Waals surface area (Å²) >= 11 is 0. The van der Waals surface area contributed by atoms with Crippen LogP contribution >= 0.6 is 0 Å². The molecule has 0 N–H and O–H groups in total. The van der Waals surface area contributed by atoms with Crippen LogP contribution in [-0.2, 0) is 0 Å². The maximum absolute atomic E-state index is 5.19. The molecule has 0 fully saturated rings. The molecule has 0 aliphatic heterocycles. The van der Waals surface area contributed by atoms with Gasteiger partial charge in [0.1, 0.15) is 5.52 Å². The third-order valence-electron chi connectivity index (χ3n) is 9.58. The van der Waals surface area contributed by atoms with Crippen LogP contribution in [0.25, 0.3) is 98.4 Å². The van der Waals surface area contributed by atoms with E-state index in [1.54, 1.807) is 0 Å². The van der Waals surface area contributed by atoms with Crippen molar-refractivity contribution in [2.75, 3.05) is 0 Å². The number of fused-ring (bicyclic) bond motifs is 14. The van der Waals surface area contributed by atoms with Crippen molar-refractivity contribution >= 4 is 92.7 Å². The molecule has 11 aromatic rings. The van der Waals surface area contributed by atoms with E-state index in [1.165, 1.54) is 59.6 Å². The maximum atomic E-state index is 5.19. The van der Waals surface area contributed by atoms with Crippen LogP contribution in [0.1, 0.15) is 0 Å². The molecule has 4 heterocycles. The largest absolute Gasteiger partial charge is 0.309 e. The van der Waals surface area contributed by atoms with Gasteiger partial charge in [0.2, 0.25) is 0 Å². The predicted octanol–water partition coefficient (Wildman–Crippen LogP) is 10.2. The fourth-order valence-electron chi connectivity index (χ4n) is 7.77. The molecule has 7 aromatic carbocycles. The van der Waals surface area contributed by atoms with Crippen LogP contribution in [0, 0.1) is 0 Å². The normalized spacial score (nSPS) is 12.5. The van der Waals surface area contributed by atoms with E-state index < -0.39 is 0 Å². The molecule has 0 radical (unpaired) electrons. The molecule has 202 valence electrons. The minimum atomic E-state index is 0.907. The predicted molar refractivity (Wildman–Crippen MR) is 184 cm³/mol. The lowest BCUT2D eigenvalue weighted by Gasteiger charge is -2.10. The second kappa shape index (κ2) is 7.88. The van der Waals surface area contributed by atoms with E-state index in [9.17, 15) is 0 Å². The summed E-state index contributed by atoms with van der Waals surface area (Å²) in [5.74, 6) is 0. The lowest BCUT2D eigenvalue weighted by molar-refractivity contribution is 1.18. The van der Waals surface area contributed by atoms with E-state index in [4.69, 9.17) is 9.97 Å². The molecule has 0 saturated heterocycles. The van der Waals surface area contributed by atoms with E-state index in [1.807, 2.05) is 18.2 Å². The van der Waals surface area contributed by atoms with Gasteiger partial charge in [0.05, 0.1) is 33.1 Å². The van der Waals surface area contributed by atoms with Crippen LogP contribution in [0.5, 0.6) is 0 Å². The Kier molecular flexibility index (Phi) is 4.04. The highest BCUT2D eigenvalue weighted by Gasteiger charge is 2.23. The Bertz CT molecular complexity index is 3000. The molecule has 0 unspecified atom stereocenters. The van der Waals surface area contributed by atoms with Crippen LogP contribution in [0.4, 0.5) is 0 Å². The van der Waals surface area contributed by atoms with Crippen LogP contribution in [0.15, 0.2) is 133 Å². The van der Waals surface area contributed by atoms with Gasteiger partial charge in [0.15, 0.2) is 5.65 Å². The zero-order valence-corrected chi connectivity index (χ0v) is 23.5. The van der Waals surface area contributed by atoms with Crippen molar-refractivity contribution in [1.29, 1.82) is 0 Å². The van der Waals surface area contributed by atoms with Gasteiger partial charge in [0.25, 0.3) is 0 Å². The van der Waals surface area contributed by atoms with Crippen LogP contribution in [0.3, 0.4) is 0 Å². The number of para-hydroxylation sites is 3. The van der Waals surface area contributed by atoms with Crippen molar-refractivity contribution in [1.82, 2.24) is 18.9 Å². The lowest BCUT2D eigenvalue weighted by atomic mass is 10.0. The van der Waals surface area contributed by atoms with Crippen molar-refractivity contribution in [2.24, 2.45) is 0 Å². The van der Waals surface area contributed by atoms with Crippen molar-refractivity contribution in [3.05, 3.63) is 133 Å². The van der Waals surface area contributed by atoms with E-state index >= 15 is 0 Å². The van der Waals surface area contributed by atoms with Crippen molar-refractivity contribution in [3.63, 3.8) is 0 Å². The molecule has 0 aliphatic carbocycles. The first-order valence-corrected chi connectivity index (χ1v) is 15.0. The molecule has 0 atom stereocenters. The average Bonchev–Trinajstić information content (AvgIpc) is 3.71. The molecule has 4 aromatic heterocycles. The fourth-order valence-corrected chi connectivity index (χ4v) is 7.77. The monoisotopic (exact) mass is 558 g/mol. The molecule has 0 aliphatic rings. The van der Waals surface area contributed by atoms with Crippen LogP contribution in [-0.4, -0.2) is 18.9 Å². The summed E-state index contributed by atoms with van der Waals surface area (Å²) < 4.78 is 4.77. The molecule has 44 heavy (non-hydrogen) atoms. The highest BCUT2D eigenvalue weighted by molar-refractivity contribution is 6.31. The first-order chi connectivity index (χ1) is 21.8. The third-order valence-corrected chi connectivity index (χ3v) is 9.58. The molecular weight excluding hydrogens is 536 g/mol. The SMILES string of the molecule is c1ccc2c(c1)ccc1c2c2ccccc2n1-c1ccc2c(c1)c1c3ccccc3cc3c4nc5ccccc5nc4n2c31. The summed E-state index contributed by atoms with van der Waals surface area (Å²) in [5, 5.41) is 11.2. The van der Waals surface area contributed by atoms with Gasteiger partial charge in [-0.15, -0.1) is 0 Å². The average molecular weight is 559 g/mol. The zero-order valence-electron chi connectivity index (χ0n) is 23.5. The Morgan fingerprint density at radius 2 is 1.11 bits per heavy atom. The second-order valence-electron chi connectivity index (χ2n) is 11.8. The number of hydrogen-bond donors (Lipinski definition) is 0. The van der Waals surface area contributed by atoms with Gasteiger partial charge in [0, 0.05) is 32.6 Å². The highest BCUT2D eigenvalue weighted by atomic mass is 15.0. The minimum absolute atomic E-state index is 0.907. The molecule has 4 heteroatoms. The van der Waals surface area contributed by atoms with E-state index in [0.717, 1.165) is 38.8 Å². The van der Waals surface area contributed by atoms with Crippen LogP contribution < -0.4 is 0 Å². The number of nitrogens with zero attached hydrogens (tertiary/aromatic N) is 4. The molecule has 0 bridgehead atoms. The standard InChI is InChI=1S/C40H22N4/c1-3-11-26-23(9-1)17-19-35-36(26)28-13-5-8-16-33(28)43(35)25-18-20-34-29(22-25)37-27-12-4-2-10-24(27)21-30-38-40(44(34)39(30)37)42-32-15-7-6-14-31(32)41-38/h1-22H. The summed E-state index contributed by atoms with van der Waals surface area (Å²) in [6.45, 7) is 0. The number of aromatic nitrogens is 4. The Hall–Kier alpha value is -6.00. The molecular formula is C40H22N4. The lowest BCUT2D eigenvalue weighted by Crippen LogP contribution is -1.94. The van der Waals surface area contributed by atoms with E-state index in [-0.39, 0.29) is 0 Å². The summed E-state index contributed by atoms with van der Waals surface area (Å²) in [5.41, 5.74) is 9.61. The van der Waals surface area contributed by atoms with Crippen LogP contribution in [0.2, 0.25) is 0 Å². The fraction of sp³-hybridized carbons (Fsp3) is 0. The third kappa shape index (κ3) is 2.69. The van der Waals surface area contributed by atoms with Crippen molar-refractivity contribution in [3.8, 4) is 5.69 Å². The summed E-state index contributed by atoms with van der Waals surface area (Å²) in [4.78, 5) is 10.3. The number of hydrogen-bond acceptors (Lipinski definition) is 2. The van der Waals surface area contributed by atoms with Gasteiger partial charge >= 0.3 is 0 Å². The summed E-state index contributed by atoms with van der Waals surface area (Å²) in [7, 11) is 0. The first-order valence-electron chi connectivity index (χ1n) is 15.0. The van der Waals surface area contributed by atoms with Gasteiger partial charge in [-0.25, -0.2) is 9.97 Å². The first kappa shape index (κ1) is 22.6. The smallest absolute Gasteiger partial charge is 0.165 e. The molecule has 0 spiro atoms. The molecule has 0 saturated carbocycles. The van der Waals surface area contributed by atoms with Crippen molar-refractivity contribution in [2.45, 2.75) is 0 Å². The van der Waals surface area contributed by atoms with E-state index in [0.29, 0.717) is 0 Å². The summed E-state index contributed by atoms with van der Waals surface area (Å²) in [6.07, 6.45) is 0. The molecule has 11 rings (SSSR count). The van der Waals surface area contributed by atoms with Gasteiger partial charge in [-0.05, 0) is 70.1 Å². The van der Waals surface area contributed by atoms with Gasteiger partial charge in [-0.2, -0.15) is 0 Å². The Morgan fingerprint density at radius 3 is 1.98 bits per heavy atom. The van der Waals surface area contributed by atoms with Gasteiger partial charge in [-0.1, -0.05) is 84.9 Å². The zero-order chi connectivity index (χ0) is 28.5.